The molecule has 0 aliphatic heterocycles. The number of anilines is 1. The summed E-state index contributed by atoms with van der Waals surface area (Å²) in [6, 6.07) is 0.254. The van der Waals surface area contributed by atoms with Gasteiger partial charge in [0.2, 0.25) is 5.88 Å². The van der Waals surface area contributed by atoms with Crippen molar-refractivity contribution in [2.45, 2.75) is 19.9 Å². The molecule has 0 saturated heterocycles. The van der Waals surface area contributed by atoms with Gasteiger partial charge in [0.05, 0.1) is 19.5 Å². The van der Waals surface area contributed by atoms with Crippen LogP contribution in [0.3, 0.4) is 0 Å². The molecule has 0 fully saturated rings. The van der Waals surface area contributed by atoms with Gasteiger partial charge in [0.25, 0.3) is 0 Å². The molecule has 0 aromatic carbocycles. The molecular weight excluding hydrogens is 214 g/mol. The Hall–Kier alpha value is -1.03. The minimum absolute atomic E-state index is 0.254. The Morgan fingerprint density at radius 3 is 2.80 bits per heavy atom. The van der Waals surface area contributed by atoms with Gasteiger partial charge in [0.15, 0.2) is 0 Å². The second-order valence-electron chi connectivity index (χ2n) is 3.51. The quantitative estimate of drug-likeness (QED) is 0.787. The number of rotatable bonds is 5. The van der Waals surface area contributed by atoms with E-state index in [1.54, 1.807) is 19.5 Å². The highest BCUT2D eigenvalue weighted by Gasteiger charge is 2.11. The molecule has 1 aromatic rings. The maximum absolute atomic E-state index is 5.77. The summed E-state index contributed by atoms with van der Waals surface area (Å²) in [6.07, 6.45) is 3.24. The van der Waals surface area contributed by atoms with E-state index >= 15 is 0 Å². The summed E-state index contributed by atoms with van der Waals surface area (Å²) in [5.41, 5.74) is 0. The zero-order chi connectivity index (χ0) is 11.3. The predicted octanol–water partition coefficient (Wildman–Crippen LogP) is 2.16. The van der Waals surface area contributed by atoms with E-state index in [-0.39, 0.29) is 6.04 Å². The molecular formula is C10H16ClN3O. The van der Waals surface area contributed by atoms with E-state index in [1.165, 1.54) is 0 Å². The third-order valence-corrected chi connectivity index (χ3v) is 2.78. The van der Waals surface area contributed by atoms with Crippen LogP contribution in [-0.4, -0.2) is 29.0 Å². The highest BCUT2D eigenvalue weighted by atomic mass is 35.5. The summed E-state index contributed by atoms with van der Waals surface area (Å²) in [7, 11) is 1.57. The van der Waals surface area contributed by atoms with Crippen LogP contribution in [0.1, 0.15) is 13.8 Å². The topological polar surface area (TPSA) is 47.0 Å². The smallest absolute Gasteiger partial charge is 0.233 e. The Bertz CT molecular complexity index is 308. The first-order valence-corrected chi connectivity index (χ1v) is 5.39. The number of hydrogen-bond acceptors (Lipinski definition) is 4. The van der Waals surface area contributed by atoms with E-state index in [0.29, 0.717) is 23.5 Å². The summed E-state index contributed by atoms with van der Waals surface area (Å²) >= 11 is 5.77. The van der Waals surface area contributed by atoms with Crippen molar-refractivity contribution in [2.24, 2.45) is 5.92 Å². The second kappa shape index (κ2) is 5.75. The highest BCUT2D eigenvalue weighted by Crippen LogP contribution is 2.13. The third kappa shape index (κ3) is 3.55. The van der Waals surface area contributed by atoms with Crippen LogP contribution in [0.4, 0.5) is 5.82 Å². The van der Waals surface area contributed by atoms with Crippen LogP contribution in [0.25, 0.3) is 0 Å². The minimum atomic E-state index is 0.254. The van der Waals surface area contributed by atoms with Gasteiger partial charge in [-0.3, -0.25) is 4.98 Å². The van der Waals surface area contributed by atoms with Gasteiger partial charge in [-0.15, -0.1) is 11.6 Å². The number of hydrogen-bond donors (Lipinski definition) is 1. The van der Waals surface area contributed by atoms with Gasteiger partial charge in [0.1, 0.15) is 5.82 Å². The van der Waals surface area contributed by atoms with Crippen LogP contribution in [-0.2, 0) is 0 Å². The number of halogens is 1. The fraction of sp³-hybridized carbons (Fsp3) is 0.600. The molecule has 1 heterocycles. The average Bonchev–Trinajstić information content (AvgIpc) is 2.28. The van der Waals surface area contributed by atoms with Crippen LogP contribution < -0.4 is 10.1 Å². The first kappa shape index (κ1) is 12.0. The fourth-order valence-corrected chi connectivity index (χ4v) is 1.29. The fourth-order valence-electron chi connectivity index (χ4n) is 1.03. The largest absolute Gasteiger partial charge is 0.480 e. The third-order valence-electron chi connectivity index (χ3n) is 2.29. The SMILES string of the molecule is COc1cncc(NC(C)C(C)CCl)n1. The van der Waals surface area contributed by atoms with Crippen molar-refractivity contribution in [3.8, 4) is 5.88 Å². The molecule has 15 heavy (non-hydrogen) atoms. The summed E-state index contributed by atoms with van der Waals surface area (Å²) in [6.45, 7) is 4.15. The Kier molecular flexibility index (Phi) is 4.62. The van der Waals surface area contributed by atoms with Crippen LogP contribution in [0.5, 0.6) is 5.88 Å². The minimum Gasteiger partial charge on any atom is -0.480 e. The van der Waals surface area contributed by atoms with Crippen molar-refractivity contribution >= 4 is 17.4 Å². The summed E-state index contributed by atoms with van der Waals surface area (Å²) in [4.78, 5) is 8.22. The predicted molar refractivity (Wildman–Crippen MR) is 61.6 cm³/mol. The number of aromatic nitrogens is 2. The average molecular weight is 230 g/mol. The van der Waals surface area contributed by atoms with Gasteiger partial charge in [-0.05, 0) is 12.8 Å². The van der Waals surface area contributed by atoms with Crippen molar-refractivity contribution in [1.29, 1.82) is 0 Å². The molecule has 0 saturated carbocycles. The Labute approximate surface area is 95.0 Å². The first-order valence-electron chi connectivity index (χ1n) is 4.86. The zero-order valence-corrected chi connectivity index (χ0v) is 9.95. The van der Waals surface area contributed by atoms with Crippen molar-refractivity contribution in [3.63, 3.8) is 0 Å². The number of alkyl halides is 1. The molecule has 2 atom stereocenters. The van der Waals surface area contributed by atoms with E-state index in [4.69, 9.17) is 16.3 Å². The zero-order valence-electron chi connectivity index (χ0n) is 9.20. The van der Waals surface area contributed by atoms with E-state index in [2.05, 4.69) is 29.1 Å². The molecule has 5 heteroatoms. The van der Waals surface area contributed by atoms with Gasteiger partial charge < -0.3 is 10.1 Å². The van der Waals surface area contributed by atoms with Gasteiger partial charge in [0, 0.05) is 11.9 Å². The molecule has 1 N–H and O–H groups in total. The van der Waals surface area contributed by atoms with Gasteiger partial charge >= 0.3 is 0 Å². The summed E-state index contributed by atoms with van der Waals surface area (Å²) in [5.74, 6) is 2.20. The molecule has 84 valence electrons. The Morgan fingerprint density at radius 1 is 1.47 bits per heavy atom. The van der Waals surface area contributed by atoms with E-state index < -0.39 is 0 Å². The standard InChI is InChI=1S/C10H16ClN3O/c1-7(4-11)8(2)13-9-5-12-6-10(14-9)15-3/h5-8H,4H2,1-3H3,(H,13,14). The lowest BCUT2D eigenvalue weighted by molar-refractivity contribution is 0.396. The van der Waals surface area contributed by atoms with Crippen LogP contribution >= 0.6 is 11.6 Å². The highest BCUT2D eigenvalue weighted by molar-refractivity contribution is 6.18. The van der Waals surface area contributed by atoms with Crippen molar-refractivity contribution in [3.05, 3.63) is 12.4 Å². The summed E-state index contributed by atoms with van der Waals surface area (Å²) in [5, 5.41) is 3.23. The van der Waals surface area contributed by atoms with Crippen LogP contribution in [0.15, 0.2) is 12.4 Å². The lowest BCUT2D eigenvalue weighted by Crippen LogP contribution is -2.25. The van der Waals surface area contributed by atoms with E-state index in [0.717, 1.165) is 0 Å². The molecule has 0 aliphatic carbocycles. The van der Waals surface area contributed by atoms with Crippen LogP contribution in [0.2, 0.25) is 0 Å². The van der Waals surface area contributed by atoms with Crippen molar-refractivity contribution < 1.29 is 4.74 Å². The molecule has 0 spiro atoms. The molecule has 2 unspecified atom stereocenters. The number of ether oxygens (including phenoxy) is 1. The Morgan fingerprint density at radius 2 is 2.20 bits per heavy atom. The second-order valence-corrected chi connectivity index (χ2v) is 3.82. The van der Waals surface area contributed by atoms with E-state index in [9.17, 15) is 0 Å². The first-order chi connectivity index (χ1) is 7.17. The Balaban J connectivity index is 2.63. The lowest BCUT2D eigenvalue weighted by Gasteiger charge is -2.19. The molecule has 0 radical (unpaired) electrons. The number of methoxy groups -OCH3 is 1. The number of nitrogens with one attached hydrogen (secondary N) is 1. The molecule has 0 bridgehead atoms. The van der Waals surface area contributed by atoms with E-state index in [1.807, 2.05) is 0 Å². The maximum Gasteiger partial charge on any atom is 0.233 e. The van der Waals surface area contributed by atoms with Gasteiger partial charge in [-0.25, -0.2) is 0 Å². The maximum atomic E-state index is 5.77. The van der Waals surface area contributed by atoms with Gasteiger partial charge in [-0.2, -0.15) is 4.98 Å². The molecule has 0 amide bonds. The molecule has 4 nitrogen and oxygen atoms in total. The van der Waals surface area contributed by atoms with Gasteiger partial charge in [-0.1, -0.05) is 6.92 Å². The summed E-state index contributed by atoms with van der Waals surface area (Å²) < 4.78 is 4.98. The normalized spacial score (nSPS) is 14.4. The van der Waals surface area contributed by atoms with Crippen LogP contribution in [0, 0.1) is 5.92 Å². The number of nitrogens with zero attached hydrogens (tertiary/aromatic N) is 2. The van der Waals surface area contributed by atoms with Crippen molar-refractivity contribution in [1.82, 2.24) is 9.97 Å². The lowest BCUT2D eigenvalue weighted by atomic mass is 10.1. The monoisotopic (exact) mass is 229 g/mol. The molecule has 0 aliphatic rings. The molecule has 1 rings (SSSR count). The van der Waals surface area contributed by atoms with Crippen molar-refractivity contribution in [2.75, 3.05) is 18.3 Å². The molecule has 1 aromatic heterocycles.